The number of fused-ring (bicyclic) bond motifs is 2. The molecule has 0 amide bonds. The first-order valence-corrected chi connectivity index (χ1v) is 7.76. The Morgan fingerprint density at radius 1 is 1.47 bits per heavy atom. The third-order valence-corrected chi connectivity index (χ3v) is 5.08. The van der Waals surface area contributed by atoms with Crippen molar-refractivity contribution < 1.29 is 9.47 Å². The zero-order valence-electron chi connectivity index (χ0n) is 10.9. The Hall–Kier alpha value is -1.20. The van der Waals surface area contributed by atoms with Gasteiger partial charge in [-0.3, -0.25) is 4.90 Å². The zero-order valence-corrected chi connectivity index (χ0v) is 11.7. The van der Waals surface area contributed by atoms with Crippen LogP contribution in [0, 0.1) is 0 Å². The van der Waals surface area contributed by atoms with E-state index in [-0.39, 0.29) is 6.41 Å². The zero-order chi connectivity index (χ0) is 12.8. The molecule has 4 rings (SSSR count). The topological polar surface area (TPSA) is 33.7 Å². The van der Waals surface area contributed by atoms with Crippen LogP contribution in [0.2, 0.25) is 0 Å². The second-order valence-electron chi connectivity index (χ2n) is 5.51. The molecule has 2 bridgehead atoms. The highest BCUT2D eigenvalue weighted by Gasteiger charge is 2.46. The molecule has 3 aliphatic rings. The first kappa shape index (κ1) is 11.6. The largest absolute Gasteiger partial charge is 0.443 e. The van der Waals surface area contributed by atoms with Gasteiger partial charge in [-0.05, 0) is 43.7 Å². The van der Waals surface area contributed by atoms with Gasteiger partial charge in [0.15, 0.2) is 5.06 Å². The molecule has 0 aromatic carbocycles. The van der Waals surface area contributed by atoms with E-state index in [1.165, 1.54) is 25.0 Å². The van der Waals surface area contributed by atoms with Crippen LogP contribution in [0.3, 0.4) is 0 Å². The average molecular weight is 278 g/mol. The van der Waals surface area contributed by atoms with Gasteiger partial charge in [-0.2, -0.15) is 0 Å². The van der Waals surface area contributed by atoms with E-state index >= 15 is 0 Å². The molecule has 3 aliphatic heterocycles. The maximum absolute atomic E-state index is 5.96. The number of nitrogens with zero attached hydrogens (tertiary/aromatic N) is 1. The fraction of sp³-hybridized carbons (Fsp3) is 0.571. The van der Waals surface area contributed by atoms with Crippen molar-refractivity contribution in [3.05, 3.63) is 29.5 Å². The van der Waals surface area contributed by atoms with Gasteiger partial charge >= 0.3 is 6.41 Å². The van der Waals surface area contributed by atoms with E-state index in [4.69, 9.17) is 9.47 Å². The molecule has 4 atom stereocenters. The van der Waals surface area contributed by atoms with Crippen LogP contribution in [-0.2, 0) is 4.74 Å². The van der Waals surface area contributed by atoms with Crippen LogP contribution in [0.1, 0.15) is 26.2 Å². The van der Waals surface area contributed by atoms with E-state index in [0.29, 0.717) is 18.1 Å². The van der Waals surface area contributed by atoms with Gasteiger partial charge in [-0.1, -0.05) is 0 Å². The highest BCUT2D eigenvalue weighted by Crippen LogP contribution is 2.37. The third-order valence-electron chi connectivity index (χ3n) is 4.33. The second kappa shape index (κ2) is 4.42. The highest BCUT2D eigenvalue weighted by molar-refractivity contribution is 7.11. The molecule has 2 fully saturated rings. The van der Waals surface area contributed by atoms with Crippen molar-refractivity contribution in [2.24, 2.45) is 0 Å². The van der Waals surface area contributed by atoms with Crippen molar-refractivity contribution in [1.29, 1.82) is 0 Å². The van der Waals surface area contributed by atoms with E-state index in [1.54, 1.807) is 11.3 Å². The predicted molar refractivity (Wildman–Crippen MR) is 73.8 cm³/mol. The molecule has 1 N–H and O–H groups in total. The van der Waals surface area contributed by atoms with E-state index in [9.17, 15) is 0 Å². The number of ether oxygens (including phenoxy) is 2. The van der Waals surface area contributed by atoms with Crippen molar-refractivity contribution in [2.45, 2.75) is 50.7 Å². The molecule has 4 nitrogen and oxygen atoms in total. The molecule has 1 aromatic rings. The summed E-state index contributed by atoms with van der Waals surface area (Å²) in [5.74, 6) is 0. The van der Waals surface area contributed by atoms with Crippen LogP contribution in [0.25, 0.3) is 0 Å². The summed E-state index contributed by atoms with van der Waals surface area (Å²) in [4.78, 5) is 2.30. The summed E-state index contributed by atoms with van der Waals surface area (Å²) in [5, 5.41) is 6.61. The first-order chi connectivity index (χ1) is 9.31. The lowest BCUT2D eigenvalue weighted by molar-refractivity contribution is -0.116. The van der Waals surface area contributed by atoms with Crippen molar-refractivity contribution in [3.8, 4) is 5.06 Å². The number of thiophene rings is 1. The Balaban J connectivity index is 1.52. The van der Waals surface area contributed by atoms with Gasteiger partial charge in [0.05, 0.1) is 11.7 Å². The van der Waals surface area contributed by atoms with E-state index in [0.717, 1.165) is 5.06 Å². The molecule has 0 saturated carbocycles. The third kappa shape index (κ3) is 1.92. The summed E-state index contributed by atoms with van der Waals surface area (Å²) >= 11 is 1.60. The van der Waals surface area contributed by atoms with Gasteiger partial charge in [0, 0.05) is 12.1 Å². The number of rotatable bonds is 3. The molecule has 2 saturated heterocycles. The lowest BCUT2D eigenvalue weighted by atomic mass is 9.94. The number of hydrogen-bond acceptors (Lipinski definition) is 5. The van der Waals surface area contributed by atoms with Gasteiger partial charge in [0.2, 0.25) is 0 Å². The minimum Gasteiger partial charge on any atom is -0.443 e. The summed E-state index contributed by atoms with van der Waals surface area (Å²) in [6.07, 6.45) is 5.30. The van der Waals surface area contributed by atoms with Crippen LogP contribution in [0.5, 0.6) is 5.06 Å². The quantitative estimate of drug-likeness (QED) is 0.921. The molecule has 1 aromatic heterocycles. The normalized spacial score (nSPS) is 36.5. The summed E-state index contributed by atoms with van der Waals surface area (Å²) in [6.45, 7) is 2.10. The second-order valence-corrected chi connectivity index (χ2v) is 6.42. The minimum atomic E-state index is -0.301. The van der Waals surface area contributed by atoms with Gasteiger partial charge in [-0.25, -0.2) is 0 Å². The molecule has 5 heteroatoms. The SMILES string of the molecule is CC1=COC(Oc2cccs2)N1[C@@H]1C[C@H]2CC[C@@H]1N2. The molecular formula is C14H18N2O2S. The minimum absolute atomic E-state index is 0.301. The number of nitrogens with one attached hydrogen (secondary N) is 1. The summed E-state index contributed by atoms with van der Waals surface area (Å²) in [5.41, 5.74) is 1.17. The van der Waals surface area contributed by atoms with Gasteiger partial charge in [-0.15, -0.1) is 11.3 Å². The molecule has 102 valence electrons. The van der Waals surface area contributed by atoms with Crippen molar-refractivity contribution in [1.82, 2.24) is 10.2 Å². The lowest BCUT2D eigenvalue weighted by Gasteiger charge is -2.35. The molecule has 0 radical (unpaired) electrons. The number of hydrogen-bond donors (Lipinski definition) is 1. The Labute approximate surface area is 117 Å². The lowest BCUT2D eigenvalue weighted by Crippen LogP contribution is -2.48. The fourth-order valence-electron chi connectivity index (χ4n) is 3.48. The van der Waals surface area contributed by atoms with Gasteiger partial charge in [0.1, 0.15) is 6.26 Å². The average Bonchev–Trinajstić information content (AvgIpc) is 3.14. The predicted octanol–water partition coefficient (Wildman–Crippen LogP) is 2.50. The fourth-order valence-corrected chi connectivity index (χ4v) is 4.07. The standard InChI is InChI=1S/C14H18N2O2S/c1-9-8-17-14(18-13-3-2-6-19-13)16(9)12-7-10-4-5-11(12)15-10/h2-3,6,8,10-12,14-15H,4-5,7H2,1H3/t10-,11+,12-,14?/m1/s1. The van der Waals surface area contributed by atoms with E-state index < -0.39 is 0 Å². The molecule has 0 spiro atoms. The Morgan fingerprint density at radius 3 is 3.11 bits per heavy atom. The molecule has 0 aliphatic carbocycles. The summed E-state index contributed by atoms with van der Waals surface area (Å²) in [6, 6.07) is 5.76. The highest BCUT2D eigenvalue weighted by atomic mass is 32.1. The van der Waals surface area contributed by atoms with Crippen molar-refractivity contribution in [3.63, 3.8) is 0 Å². The Bertz CT molecular complexity index is 488. The van der Waals surface area contributed by atoms with Crippen molar-refractivity contribution >= 4 is 11.3 Å². The maximum atomic E-state index is 5.96. The maximum Gasteiger partial charge on any atom is 0.327 e. The molecule has 4 heterocycles. The van der Waals surface area contributed by atoms with Crippen LogP contribution >= 0.6 is 11.3 Å². The van der Waals surface area contributed by atoms with Gasteiger partial charge in [0.25, 0.3) is 0 Å². The van der Waals surface area contributed by atoms with Crippen LogP contribution in [-0.4, -0.2) is 29.4 Å². The van der Waals surface area contributed by atoms with Crippen LogP contribution < -0.4 is 10.1 Å². The Kier molecular flexibility index (Phi) is 2.70. The Morgan fingerprint density at radius 2 is 2.42 bits per heavy atom. The summed E-state index contributed by atoms with van der Waals surface area (Å²) < 4.78 is 11.7. The van der Waals surface area contributed by atoms with Crippen LogP contribution in [0.4, 0.5) is 0 Å². The van der Waals surface area contributed by atoms with E-state index in [2.05, 4.69) is 17.1 Å². The number of allylic oxidation sites excluding steroid dienone is 1. The first-order valence-electron chi connectivity index (χ1n) is 6.88. The molecule has 1 unspecified atom stereocenters. The smallest absolute Gasteiger partial charge is 0.327 e. The van der Waals surface area contributed by atoms with Crippen molar-refractivity contribution in [2.75, 3.05) is 0 Å². The summed E-state index contributed by atoms with van der Waals surface area (Å²) in [7, 11) is 0. The molecule has 19 heavy (non-hydrogen) atoms. The molecular weight excluding hydrogens is 260 g/mol. The van der Waals surface area contributed by atoms with E-state index in [1.807, 2.05) is 23.8 Å². The van der Waals surface area contributed by atoms with Gasteiger partial charge < -0.3 is 14.8 Å². The monoisotopic (exact) mass is 278 g/mol. The van der Waals surface area contributed by atoms with Crippen LogP contribution in [0.15, 0.2) is 29.5 Å².